The summed E-state index contributed by atoms with van der Waals surface area (Å²) < 4.78 is 0. The maximum absolute atomic E-state index is 13.0. The van der Waals surface area contributed by atoms with Gasteiger partial charge in [-0.05, 0) is 91.7 Å². The molecule has 1 amide bonds. The second kappa shape index (κ2) is 14.8. The van der Waals surface area contributed by atoms with E-state index < -0.39 is 26.2 Å². The number of carbonyl (C=O) groups is 3. The number of hydrogen-bond donors (Lipinski definition) is 5. The molecule has 1 aliphatic carbocycles. The van der Waals surface area contributed by atoms with Crippen LogP contribution in [0.15, 0.2) is 41.2 Å². The van der Waals surface area contributed by atoms with Crippen LogP contribution in [-0.2, 0) is 22.6 Å². The average Bonchev–Trinajstić information content (AvgIpc) is 3.41. The zero-order chi connectivity index (χ0) is 32.7. The van der Waals surface area contributed by atoms with Crippen LogP contribution < -0.4 is 10.9 Å². The van der Waals surface area contributed by atoms with Gasteiger partial charge in [0.2, 0.25) is 0 Å². The molecule has 1 unspecified atom stereocenters. The zero-order valence-corrected chi connectivity index (χ0v) is 26.8. The first-order valence-corrected chi connectivity index (χ1v) is 18.5. The van der Waals surface area contributed by atoms with Crippen molar-refractivity contribution >= 4 is 36.9 Å². The summed E-state index contributed by atoms with van der Waals surface area (Å²) in [4.78, 5) is 66.7. The quantitative estimate of drug-likeness (QED) is 0.0946. The lowest BCUT2D eigenvalue weighted by Crippen LogP contribution is -2.41. The monoisotopic (exact) mass is 631 g/mol. The number of fused-ring (bicyclic) bond motifs is 2. The van der Waals surface area contributed by atoms with Crippen LogP contribution in [0.25, 0.3) is 10.9 Å². The van der Waals surface area contributed by atoms with E-state index in [1.54, 1.807) is 12.1 Å². The minimum atomic E-state index is -2.15. The number of terminal acetylenes is 1. The van der Waals surface area contributed by atoms with E-state index in [0.717, 1.165) is 36.0 Å². The number of carbonyl (C=O) groups excluding carboxylic acids is 2. The first kappa shape index (κ1) is 33.8. The van der Waals surface area contributed by atoms with Crippen LogP contribution in [0.5, 0.6) is 0 Å². The number of amides is 1. The SMILES string of the molecule is C#CCC(c1ccc(C(=O)N[C@@H](CCC(=O)CCCC[Si](C)(C)O)C(=O)O)cc1)[C@H]1CCc2cc3nc(CO)[nH]c(=O)c3cc21. The van der Waals surface area contributed by atoms with Gasteiger partial charge < -0.3 is 25.3 Å². The van der Waals surface area contributed by atoms with Crippen molar-refractivity contribution in [2.45, 2.75) is 95.0 Å². The van der Waals surface area contributed by atoms with Crippen LogP contribution in [0.1, 0.15) is 89.7 Å². The molecule has 1 heterocycles. The lowest BCUT2D eigenvalue weighted by atomic mass is 9.80. The summed E-state index contributed by atoms with van der Waals surface area (Å²) in [6, 6.07) is 10.2. The highest BCUT2D eigenvalue weighted by molar-refractivity contribution is 6.69. The zero-order valence-electron chi connectivity index (χ0n) is 25.8. The lowest BCUT2D eigenvalue weighted by molar-refractivity contribution is -0.139. The van der Waals surface area contributed by atoms with Gasteiger partial charge in [0, 0.05) is 30.7 Å². The van der Waals surface area contributed by atoms with Crippen molar-refractivity contribution in [1.82, 2.24) is 15.3 Å². The van der Waals surface area contributed by atoms with Crippen LogP contribution in [0, 0.1) is 12.3 Å². The number of aliphatic hydroxyl groups is 1. The van der Waals surface area contributed by atoms with Crippen LogP contribution in [0.2, 0.25) is 19.1 Å². The number of aromatic amines is 1. The number of benzene rings is 2. The van der Waals surface area contributed by atoms with Crippen molar-refractivity contribution in [2.75, 3.05) is 0 Å². The minimum absolute atomic E-state index is 0.00207. The number of carboxylic acid groups (broad SMARTS) is 1. The Kier molecular flexibility index (Phi) is 11.1. The second-order valence-corrected chi connectivity index (χ2v) is 16.6. The predicted molar refractivity (Wildman–Crippen MR) is 173 cm³/mol. The van der Waals surface area contributed by atoms with E-state index in [9.17, 15) is 34.2 Å². The molecule has 11 heteroatoms. The Morgan fingerprint density at radius 3 is 2.53 bits per heavy atom. The number of ketones is 1. The summed E-state index contributed by atoms with van der Waals surface area (Å²) in [5.74, 6) is 1.15. The van der Waals surface area contributed by atoms with Crippen molar-refractivity contribution in [3.63, 3.8) is 0 Å². The van der Waals surface area contributed by atoms with E-state index in [1.165, 1.54) is 0 Å². The molecule has 1 aromatic heterocycles. The Bertz CT molecular complexity index is 1650. The molecular weight excluding hydrogens is 590 g/mol. The van der Waals surface area contributed by atoms with Crippen LogP contribution in [-0.4, -0.2) is 57.0 Å². The van der Waals surface area contributed by atoms with E-state index in [2.05, 4.69) is 21.2 Å². The highest BCUT2D eigenvalue weighted by Crippen LogP contribution is 2.45. The van der Waals surface area contributed by atoms with Gasteiger partial charge >= 0.3 is 5.97 Å². The molecule has 10 nitrogen and oxygen atoms in total. The molecule has 0 bridgehead atoms. The van der Waals surface area contributed by atoms with E-state index in [-0.39, 0.29) is 48.5 Å². The first-order chi connectivity index (χ1) is 21.4. The number of rotatable bonds is 15. The maximum atomic E-state index is 13.0. The average molecular weight is 632 g/mol. The highest BCUT2D eigenvalue weighted by atomic mass is 28.4. The number of Topliss-reactive ketones (excluding diaryl/α,β-unsaturated/α-hetero) is 1. The molecule has 3 atom stereocenters. The van der Waals surface area contributed by atoms with E-state index in [1.807, 2.05) is 37.4 Å². The Morgan fingerprint density at radius 2 is 1.89 bits per heavy atom. The fourth-order valence-electron chi connectivity index (χ4n) is 6.13. The van der Waals surface area contributed by atoms with E-state index in [0.29, 0.717) is 41.8 Å². The van der Waals surface area contributed by atoms with Gasteiger partial charge in [-0.3, -0.25) is 14.4 Å². The largest absolute Gasteiger partial charge is 0.480 e. The number of aryl methyl sites for hydroxylation is 1. The molecule has 1 aliphatic rings. The molecule has 0 radical (unpaired) electrons. The molecule has 0 fully saturated rings. The molecule has 2 aromatic carbocycles. The minimum Gasteiger partial charge on any atom is -0.480 e. The van der Waals surface area contributed by atoms with Crippen LogP contribution in [0.4, 0.5) is 0 Å². The second-order valence-electron chi connectivity index (χ2n) is 12.5. The third-order valence-corrected chi connectivity index (χ3v) is 10.1. The van der Waals surface area contributed by atoms with Crippen molar-refractivity contribution in [3.05, 3.63) is 74.8 Å². The molecule has 238 valence electrons. The third kappa shape index (κ3) is 8.75. The van der Waals surface area contributed by atoms with Gasteiger partial charge in [0.1, 0.15) is 24.3 Å². The Labute approximate surface area is 263 Å². The smallest absolute Gasteiger partial charge is 0.326 e. The summed E-state index contributed by atoms with van der Waals surface area (Å²) in [6.45, 7) is 3.35. The third-order valence-electron chi connectivity index (χ3n) is 8.52. The van der Waals surface area contributed by atoms with Gasteiger partial charge in [-0.2, -0.15) is 0 Å². The van der Waals surface area contributed by atoms with Crippen molar-refractivity contribution in [2.24, 2.45) is 0 Å². The Morgan fingerprint density at radius 1 is 1.16 bits per heavy atom. The number of nitrogens with one attached hydrogen (secondary N) is 2. The topological polar surface area (TPSA) is 170 Å². The normalized spacial score (nSPS) is 15.7. The molecule has 0 aliphatic heterocycles. The standard InChI is InChI=1S/C34H41N3O7Si/c1-4-7-25(26-15-13-23-18-30-28(19-27(23)26)33(41)37-31(20-38)35-30)21-9-11-22(12-10-21)32(40)36-29(34(42)43)16-14-24(39)8-5-6-17-45(2,3)44/h1,9-12,18-19,25-26,29,38,44H,5-8,13-17,20H2,2-3H3,(H,36,40)(H,42,43)(H,35,37,41)/t25?,26-,29+/m1/s1. The van der Waals surface area contributed by atoms with E-state index >= 15 is 0 Å². The predicted octanol–water partition coefficient (Wildman–Crippen LogP) is 4.15. The maximum Gasteiger partial charge on any atom is 0.326 e. The van der Waals surface area contributed by atoms with Gasteiger partial charge in [0.15, 0.2) is 8.32 Å². The molecule has 3 aromatic rings. The number of carboxylic acids is 1. The number of aromatic nitrogens is 2. The number of H-pyrrole nitrogens is 1. The number of hydrogen-bond acceptors (Lipinski definition) is 7. The molecule has 0 saturated carbocycles. The lowest BCUT2D eigenvalue weighted by Gasteiger charge is -2.24. The summed E-state index contributed by atoms with van der Waals surface area (Å²) >= 11 is 0. The molecular formula is C34H41N3O7Si. The van der Waals surface area contributed by atoms with Gasteiger partial charge in [-0.25, -0.2) is 9.78 Å². The van der Waals surface area contributed by atoms with Crippen LogP contribution in [0.3, 0.4) is 0 Å². The Balaban J connectivity index is 1.42. The number of aliphatic hydroxyl groups excluding tert-OH is 1. The number of nitrogens with zero attached hydrogens (tertiary/aromatic N) is 1. The van der Waals surface area contributed by atoms with E-state index in [4.69, 9.17) is 6.42 Å². The van der Waals surface area contributed by atoms with Crippen molar-refractivity contribution < 1.29 is 29.4 Å². The molecule has 0 spiro atoms. The van der Waals surface area contributed by atoms with Crippen molar-refractivity contribution in [1.29, 1.82) is 0 Å². The molecule has 4 rings (SSSR count). The summed E-state index contributed by atoms with van der Waals surface area (Å²) in [5.41, 5.74) is 3.57. The fraction of sp³-hybridized carbons (Fsp3) is 0.441. The summed E-state index contributed by atoms with van der Waals surface area (Å²) in [7, 11) is -2.15. The fourth-order valence-corrected chi connectivity index (χ4v) is 7.24. The highest BCUT2D eigenvalue weighted by Gasteiger charge is 2.32. The Hall–Kier alpha value is -4.11. The van der Waals surface area contributed by atoms with Crippen LogP contribution >= 0.6 is 0 Å². The van der Waals surface area contributed by atoms with Gasteiger partial charge in [-0.15, -0.1) is 12.3 Å². The van der Waals surface area contributed by atoms with Crippen molar-refractivity contribution in [3.8, 4) is 12.3 Å². The van der Waals surface area contributed by atoms with Gasteiger partial charge in [0.05, 0.1) is 10.9 Å². The van der Waals surface area contributed by atoms with Gasteiger partial charge in [0.25, 0.3) is 11.5 Å². The summed E-state index contributed by atoms with van der Waals surface area (Å²) in [5, 5.41) is 22.1. The number of aliphatic carboxylic acids is 1. The first-order valence-electron chi connectivity index (χ1n) is 15.4. The summed E-state index contributed by atoms with van der Waals surface area (Å²) in [6.07, 6.45) is 9.61. The molecule has 45 heavy (non-hydrogen) atoms. The van der Waals surface area contributed by atoms with Gasteiger partial charge in [-0.1, -0.05) is 18.6 Å². The number of unbranched alkanes of at least 4 members (excludes halogenated alkanes) is 1. The molecule has 0 saturated heterocycles. The molecule has 5 N–H and O–H groups in total.